The van der Waals surface area contributed by atoms with Crippen LogP contribution in [0.2, 0.25) is 19.6 Å². The molecule has 0 bridgehead atoms. The van der Waals surface area contributed by atoms with E-state index in [2.05, 4.69) is 49.0 Å². The van der Waals surface area contributed by atoms with Crippen LogP contribution in [-0.4, -0.2) is 8.07 Å². The second-order valence-electron chi connectivity index (χ2n) is 4.78. The summed E-state index contributed by atoms with van der Waals surface area (Å²) in [5.41, 5.74) is 4.58. The van der Waals surface area contributed by atoms with Crippen LogP contribution < -0.4 is 0 Å². The number of benzene rings is 1. The zero-order chi connectivity index (χ0) is 13.4. The van der Waals surface area contributed by atoms with Gasteiger partial charge in [-0.1, -0.05) is 49.5 Å². The number of hydrogen-bond donors (Lipinski definition) is 0. The van der Waals surface area contributed by atoms with Crippen LogP contribution in [0, 0.1) is 34.6 Å². The maximum Gasteiger partial charge on any atom is 0.129 e. The minimum Gasteiger partial charge on any atom is -0.192 e. The van der Waals surface area contributed by atoms with E-state index >= 15 is 0 Å². The largest absolute Gasteiger partial charge is 0.192 e. The molecule has 1 aromatic rings. The van der Waals surface area contributed by atoms with Gasteiger partial charge in [0.1, 0.15) is 14.1 Å². The first-order chi connectivity index (χ1) is 8.53. The van der Waals surface area contributed by atoms with Gasteiger partial charge in [-0.05, 0) is 24.3 Å². The van der Waals surface area contributed by atoms with Crippen LogP contribution in [0.25, 0.3) is 0 Å². The maximum absolute atomic E-state index is 8.90. The van der Waals surface area contributed by atoms with Gasteiger partial charge in [-0.3, -0.25) is 0 Å². The van der Waals surface area contributed by atoms with Crippen molar-refractivity contribution in [2.75, 3.05) is 0 Å². The van der Waals surface area contributed by atoms with Gasteiger partial charge in [0, 0.05) is 5.56 Å². The lowest BCUT2D eigenvalue weighted by Crippen LogP contribution is -2.16. The first-order valence-electron chi connectivity index (χ1n) is 5.71. The Morgan fingerprint density at radius 3 is 2.22 bits per heavy atom. The zero-order valence-corrected chi connectivity index (χ0v) is 11.9. The third-order valence-corrected chi connectivity index (χ3v) is 2.85. The molecule has 0 N–H and O–H groups in total. The molecule has 0 radical (unpaired) electrons. The van der Waals surface area contributed by atoms with Crippen molar-refractivity contribution in [3.05, 3.63) is 47.5 Å². The van der Waals surface area contributed by atoms with Crippen molar-refractivity contribution in [1.82, 2.24) is 0 Å². The molecule has 0 spiro atoms. The number of allylic oxidation sites excluding steroid dienone is 2. The van der Waals surface area contributed by atoms with Crippen LogP contribution in [0.4, 0.5) is 0 Å². The maximum atomic E-state index is 8.90. The third kappa shape index (κ3) is 5.22. The van der Waals surface area contributed by atoms with Crippen LogP contribution in [0.1, 0.15) is 11.1 Å². The third-order valence-electron chi connectivity index (χ3n) is 1.95. The molecule has 1 nitrogen and oxygen atoms in total. The van der Waals surface area contributed by atoms with E-state index in [1.165, 1.54) is 0 Å². The summed E-state index contributed by atoms with van der Waals surface area (Å²) in [5.74, 6) is 8.84. The lowest BCUT2D eigenvalue weighted by molar-refractivity contribution is 1.47. The van der Waals surface area contributed by atoms with Gasteiger partial charge in [-0.2, -0.15) is 5.26 Å². The Labute approximate surface area is 110 Å². The molecule has 0 unspecified atom stereocenters. The van der Waals surface area contributed by atoms with Crippen molar-refractivity contribution in [2.24, 2.45) is 0 Å². The molecule has 0 aliphatic rings. The van der Waals surface area contributed by atoms with E-state index in [9.17, 15) is 0 Å². The number of nitrogens with zero attached hydrogens (tertiary/aromatic N) is 1. The molecule has 0 aliphatic carbocycles. The van der Waals surface area contributed by atoms with E-state index in [-0.39, 0.29) is 0 Å². The molecule has 0 fully saturated rings. The molecule has 2 heteroatoms. The molecule has 0 aromatic heterocycles. The SMILES string of the molecule is C[Si](C)(C)C#C/C=C\C#Cc1ccccc1C#N. The van der Waals surface area contributed by atoms with Crippen molar-refractivity contribution in [2.45, 2.75) is 19.6 Å². The Bertz CT molecular complexity index is 605. The Morgan fingerprint density at radius 1 is 1.00 bits per heavy atom. The molecule has 18 heavy (non-hydrogen) atoms. The smallest absolute Gasteiger partial charge is 0.129 e. The Balaban J connectivity index is 2.76. The second kappa shape index (κ2) is 6.50. The predicted octanol–water partition coefficient (Wildman–Crippen LogP) is 3.35. The molecule has 0 heterocycles. The summed E-state index contributed by atoms with van der Waals surface area (Å²) in [6, 6.07) is 9.43. The van der Waals surface area contributed by atoms with Gasteiger partial charge >= 0.3 is 0 Å². The summed E-state index contributed by atoms with van der Waals surface area (Å²) in [4.78, 5) is 0. The quantitative estimate of drug-likeness (QED) is 0.511. The lowest BCUT2D eigenvalue weighted by Gasteiger charge is -2.01. The highest BCUT2D eigenvalue weighted by atomic mass is 28.3. The minimum atomic E-state index is -1.30. The standard InChI is InChI=1S/C16H15NSi/c1-18(2,3)13-9-5-4-6-10-15-11-7-8-12-16(15)14-17/h4-5,7-8,11-12H,1-3H3/b5-4-. The molecular weight excluding hydrogens is 234 g/mol. The van der Waals surface area contributed by atoms with Gasteiger partial charge < -0.3 is 0 Å². The predicted molar refractivity (Wildman–Crippen MR) is 78.3 cm³/mol. The molecule has 0 saturated heterocycles. The van der Waals surface area contributed by atoms with E-state index < -0.39 is 8.07 Å². The topological polar surface area (TPSA) is 23.8 Å². The summed E-state index contributed by atoms with van der Waals surface area (Å²) < 4.78 is 0. The van der Waals surface area contributed by atoms with Crippen LogP contribution in [0.15, 0.2) is 36.4 Å². The molecule has 0 aliphatic heterocycles. The highest BCUT2D eigenvalue weighted by Crippen LogP contribution is 2.04. The van der Waals surface area contributed by atoms with Crippen molar-refractivity contribution in [1.29, 1.82) is 5.26 Å². The molecule has 0 atom stereocenters. The number of nitriles is 1. The van der Waals surface area contributed by atoms with Crippen molar-refractivity contribution in [3.8, 4) is 29.4 Å². The highest BCUT2D eigenvalue weighted by Gasteiger charge is 2.06. The van der Waals surface area contributed by atoms with Gasteiger partial charge in [0.05, 0.1) is 5.56 Å². The molecule has 1 aromatic carbocycles. The van der Waals surface area contributed by atoms with Crippen LogP contribution in [-0.2, 0) is 0 Å². The molecule has 0 amide bonds. The van der Waals surface area contributed by atoms with Crippen molar-refractivity contribution < 1.29 is 0 Å². The Kier molecular flexibility index (Phi) is 5.01. The summed E-state index contributed by atoms with van der Waals surface area (Å²) in [6.45, 7) is 6.59. The van der Waals surface area contributed by atoms with Gasteiger partial charge in [-0.15, -0.1) is 5.54 Å². The number of hydrogen-bond acceptors (Lipinski definition) is 1. The van der Waals surface area contributed by atoms with E-state index in [4.69, 9.17) is 5.26 Å². The van der Waals surface area contributed by atoms with E-state index in [1.54, 1.807) is 18.2 Å². The fourth-order valence-corrected chi connectivity index (χ4v) is 1.67. The van der Waals surface area contributed by atoms with Gasteiger partial charge in [0.25, 0.3) is 0 Å². The van der Waals surface area contributed by atoms with Crippen LogP contribution >= 0.6 is 0 Å². The second-order valence-corrected chi connectivity index (χ2v) is 9.53. The van der Waals surface area contributed by atoms with E-state index in [0.29, 0.717) is 5.56 Å². The number of rotatable bonds is 0. The van der Waals surface area contributed by atoms with Gasteiger partial charge in [0.2, 0.25) is 0 Å². The fraction of sp³-hybridized carbons (Fsp3) is 0.188. The molecule has 0 saturated carbocycles. The Morgan fingerprint density at radius 2 is 1.61 bits per heavy atom. The average molecular weight is 249 g/mol. The normalized spacial score (nSPS) is 9.89. The summed E-state index contributed by atoms with van der Waals surface area (Å²) in [7, 11) is -1.30. The van der Waals surface area contributed by atoms with Crippen LogP contribution in [0.5, 0.6) is 0 Å². The first kappa shape index (κ1) is 13.9. The summed E-state index contributed by atoms with van der Waals surface area (Å²) in [6.07, 6.45) is 3.49. The minimum absolute atomic E-state index is 0.603. The van der Waals surface area contributed by atoms with E-state index in [0.717, 1.165) is 5.56 Å². The molecular formula is C16H15NSi. The zero-order valence-electron chi connectivity index (χ0n) is 10.9. The summed E-state index contributed by atoms with van der Waals surface area (Å²) in [5, 5.41) is 8.90. The average Bonchev–Trinajstić information content (AvgIpc) is 2.32. The van der Waals surface area contributed by atoms with Crippen molar-refractivity contribution in [3.63, 3.8) is 0 Å². The highest BCUT2D eigenvalue weighted by molar-refractivity contribution is 6.83. The summed E-state index contributed by atoms with van der Waals surface area (Å²) >= 11 is 0. The van der Waals surface area contributed by atoms with Crippen molar-refractivity contribution >= 4 is 8.07 Å². The Hall–Kier alpha value is -2.21. The monoisotopic (exact) mass is 249 g/mol. The molecule has 88 valence electrons. The molecule has 1 rings (SSSR count). The van der Waals surface area contributed by atoms with E-state index in [1.807, 2.05) is 18.2 Å². The lowest BCUT2D eigenvalue weighted by atomic mass is 10.1. The fourth-order valence-electron chi connectivity index (χ4n) is 1.15. The van der Waals surface area contributed by atoms with Gasteiger partial charge in [0.15, 0.2) is 0 Å². The first-order valence-corrected chi connectivity index (χ1v) is 9.21. The van der Waals surface area contributed by atoms with Gasteiger partial charge in [-0.25, -0.2) is 0 Å². The van der Waals surface area contributed by atoms with Crippen LogP contribution in [0.3, 0.4) is 0 Å².